The lowest BCUT2D eigenvalue weighted by Gasteiger charge is -2.23. The molecule has 0 saturated heterocycles. The van der Waals surface area contributed by atoms with Gasteiger partial charge < -0.3 is 14.7 Å². The van der Waals surface area contributed by atoms with E-state index in [0.717, 1.165) is 6.42 Å². The van der Waals surface area contributed by atoms with Gasteiger partial charge in [0.15, 0.2) is 0 Å². The van der Waals surface area contributed by atoms with Gasteiger partial charge in [-0.05, 0) is 20.3 Å². The predicted molar refractivity (Wildman–Crippen MR) is 60.2 cm³/mol. The van der Waals surface area contributed by atoms with E-state index in [9.17, 15) is 9.59 Å². The zero-order valence-electron chi connectivity index (χ0n) is 10.4. The van der Waals surface area contributed by atoms with E-state index in [1.54, 1.807) is 32.9 Å². The molecule has 0 atom stereocenters. The molecule has 0 rings (SSSR count). The molecule has 0 aromatic heterocycles. The van der Waals surface area contributed by atoms with Crippen LogP contribution in [-0.4, -0.2) is 49.2 Å². The summed E-state index contributed by atoms with van der Waals surface area (Å²) in [6.07, 6.45) is 0.776. The molecule has 0 aromatic rings. The second-order valence-corrected chi connectivity index (χ2v) is 4.53. The van der Waals surface area contributed by atoms with Crippen LogP contribution in [0.2, 0.25) is 0 Å². The van der Waals surface area contributed by atoms with Crippen molar-refractivity contribution in [3.8, 4) is 0 Å². The van der Waals surface area contributed by atoms with Crippen molar-refractivity contribution in [1.29, 1.82) is 0 Å². The minimum absolute atomic E-state index is 0.0197. The van der Waals surface area contributed by atoms with Crippen molar-refractivity contribution < 1.29 is 19.4 Å². The third kappa shape index (κ3) is 5.11. The molecule has 0 bridgehead atoms. The number of nitrogens with zero attached hydrogens (tertiary/aromatic N) is 1. The third-order valence-corrected chi connectivity index (χ3v) is 2.44. The molecule has 0 aromatic carbocycles. The molecular formula is C11H21NO4. The van der Waals surface area contributed by atoms with E-state index >= 15 is 0 Å². The minimum Gasteiger partial charge on any atom is -0.481 e. The van der Waals surface area contributed by atoms with E-state index in [1.807, 2.05) is 0 Å². The van der Waals surface area contributed by atoms with Crippen LogP contribution in [0.25, 0.3) is 0 Å². The highest BCUT2D eigenvalue weighted by Gasteiger charge is 2.31. The van der Waals surface area contributed by atoms with Crippen LogP contribution in [0.3, 0.4) is 0 Å². The quantitative estimate of drug-likeness (QED) is 0.663. The molecule has 0 aliphatic carbocycles. The van der Waals surface area contributed by atoms with Crippen LogP contribution >= 0.6 is 0 Å². The van der Waals surface area contributed by atoms with Crippen molar-refractivity contribution in [3.05, 3.63) is 0 Å². The highest BCUT2D eigenvalue weighted by atomic mass is 16.5. The topological polar surface area (TPSA) is 66.8 Å². The van der Waals surface area contributed by atoms with Gasteiger partial charge in [0, 0.05) is 33.7 Å². The zero-order chi connectivity index (χ0) is 12.8. The van der Waals surface area contributed by atoms with E-state index in [-0.39, 0.29) is 12.3 Å². The van der Waals surface area contributed by atoms with E-state index < -0.39 is 11.4 Å². The van der Waals surface area contributed by atoms with E-state index in [4.69, 9.17) is 9.84 Å². The Bertz CT molecular complexity index is 250. The SMILES string of the molecule is COCCCN(C)C(=O)CC(C)(C)C(=O)O. The fraction of sp³-hybridized carbons (Fsp3) is 0.818. The van der Waals surface area contributed by atoms with Gasteiger partial charge >= 0.3 is 5.97 Å². The maximum atomic E-state index is 11.7. The van der Waals surface area contributed by atoms with Crippen molar-refractivity contribution in [2.24, 2.45) is 5.41 Å². The number of aliphatic carboxylic acids is 1. The summed E-state index contributed by atoms with van der Waals surface area (Å²) in [5, 5.41) is 8.90. The lowest BCUT2D eigenvalue weighted by Crippen LogP contribution is -2.35. The second kappa shape index (κ2) is 6.48. The molecule has 0 radical (unpaired) electrons. The Kier molecular flexibility index (Phi) is 6.03. The molecule has 0 aliphatic rings. The van der Waals surface area contributed by atoms with Gasteiger partial charge in [-0.3, -0.25) is 9.59 Å². The van der Waals surface area contributed by atoms with Gasteiger partial charge in [0.2, 0.25) is 5.91 Å². The molecule has 0 spiro atoms. The molecular weight excluding hydrogens is 210 g/mol. The van der Waals surface area contributed by atoms with Crippen molar-refractivity contribution in [3.63, 3.8) is 0 Å². The van der Waals surface area contributed by atoms with Gasteiger partial charge in [-0.2, -0.15) is 0 Å². The number of carbonyl (C=O) groups excluding carboxylic acids is 1. The molecule has 5 heteroatoms. The van der Waals surface area contributed by atoms with Crippen LogP contribution in [-0.2, 0) is 14.3 Å². The molecule has 16 heavy (non-hydrogen) atoms. The van der Waals surface area contributed by atoms with E-state index in [0.29, 0.717) is 13.2 Å². The van der Waals surface area contributed by atoms with E-state index in [2.05, 4.69) is 0 Å². The number of rotatable bonds is 7. The minimum atomic E-state index is -1.01. The fourth-order valence-corrected chi connectivity index (χ4v) is 1.16. The fourth-order valence-electron chi connectivity index (χ4n) is 1.16. The number of carbonyl (C=O) groups is 2. The third-order valence-electron chi connectivity index (χ3n) is 2.44. The molecule has 0 saturated carbocycles. The lowest BCUT2D eigenvalue weighted by molar-refractivity contribution is -0.151. The summed E-state index contributed by atoms with van der Waals surface area (Å²) in [4.78, 5) is 24.1. The molecule has 0 heterocycles. The van der Waals surface area contributed by atoms with Crippen LogP contribution in [0, 0.1) is 5.41 Å². The van der Waals surface area contributed by atoms with Crippen LogP contribution in [0.4, 0.5) is 0 Å². The number of ether oxygens (including phenoxy) is 1. The number of hydrogen-bond acceptors (Lipinski definition) is 3. The predicted octanol–water partition coefficient (Wildman–Crippen LogP) is 0.982. The van der Waals surface area contributed by atoms with Gasteiger partial charge in [-0.25, -0.2) is 0 Å². The van der Waals surface area contributed by atoms with Crippen LogP contribution in [0.1, 0.15) is 26.7 Å². The molecule has 94 valence electrons. The molecule has 1 N–H and O–H groups in total. The average molecular weight is 231 g/mol. The highest BCUT2D eigenvalue weighted by molar-refractivity contribution is 5.84. The summed E-state index contributed by atoms with van der Waals surface area (Å²) in [5.74, 6) is -1.10. The summed E-state index contributed by atoms with van der Waals surface area (Å²) in [6.45, 7) is 4.29. The Morgan fingerprint density at radius 3 is 2.38 bits per heavy atom. The molecule has 0 aliphatic heterocycles. The zero-order valence-corrected chi connectivity index (χ0v) is 10.4. The number of hydrogen-bond donors (Lipinski definition) is 1. The first-order valence-electron chi connectivity index (χ1n) is 5.27. The maximum absolute atomic E-state index is 11.7. The Labute approximate surface area is 96.4 Å². The van der Waals surface area contributed by atoms with Gasteiger partial charge in [0.05, 0.1) is 5.41 Å². The Balaban J connectivity index is 4.10. The smallest absolute Gasteiger partial charge is 0.309 e. The van der Waals surface area contributed by atoms with Gasteiger partial charge in [-0.15, -0.1) is 0 Å². The largest absolute Gasteiger partial charge is 0.481 e. The molecule has 1 amide bonds. The Morgan fingerprint density at radius 2 is 1.94 bits per heavy atom. The first kappa shape index (κ1) is 14.9. The van der Waals surface area contributed by atoms with Crippen molar-refractivity contribution in [1.82, 2.24) is 4.90 Å². The normalized spacial score (nSPS) is 11.2. The monoisotopic (exact) mass is 231 g/mol. The summed E-state index contributed by atoms with van der Waals surface area (Å²) in [5.41, 5.74) is -1.01. The lowest BCUT2D eigenvalue weighted by atomic mass is 9.89. The first-order valence-corrected chi connectivity index (χ1v) is 5.27. The summed E-state index contributed by atoms with van der Waals surface area (Å²) < 4.78 is 4.88. The van der Waals surface area contributed by atoms with Crippen molar-refractivity contribution >= 4 is 11.9 Å². The number of methoxy groups -OCH3 is 1. The Hall–Kier alpha value is -1.10. The first-order chi connectivity index (χ1) is 7.31. The maximum Gasteiger partial charge on any atom is 0.309 e. The van der Waals surface area contributed by atoms with Crippen LogP contribution in [0.5, 0.6) is 0 Å². The molecule has 0 unspecified atom stereocenters. The van der Waals surface area contributed by atoms with Gasteiger partial charge in [0.1, 0.15) is 0 Å². The molecule has 0 fully saturated rings. The van der Waals surface area contributed by atoms with Crippen LogP contribution in [0.15, 0.2) is 0 Å². The van der Waals surface area contributed by atoms with Crippen molar-refractivity contribution in [2.75, 3.05) is 27.3 Å². The second-order valence-electron chi connectivity index (χ2n) is 4.53. The number of carboxylic acids is 1. The number of amides is 1. The van der Waals surface area contributed by atoms with Gasteiger partial charge in [0.25, 0.3) is 0 Å². The summed E-state index contributed by atoms with van der Waals surface area (Å²) in [6, 6.07) is 0. The van der Waals surface area contributed by atoms with E-state index in [1.165, 1.54) is 0 Å². The average Bonchev–Trinajstić information content (AvgIpc) is 2.17. The van der Waals surface area contributed by atoms with Gasteiger partial charge in [-0.1, -0.05) is 0 Å². The Morgan fingerprint density at radius 1 is 1.38 bits per heavy atom. The van der Waals surface area contributed by atoms with Crippen molar-refractivity contribution in [2.45, 2.75) is 26.7 Å². The summed E-state index contributed by atoms with van der Waals surface area (Å²) in [7, 11) is 3.28. The number of carboxylic acid groups (broad SMARTS) is 1. The van der Waals surface area contributed by atoms with Crippen LogP contribution < -0.4 is 0 Å². The standard InChI is InChI=1S/C11H21NO4/c1-11(2,10(14)15)8-9(13)12(3)6-5-7-16-4/h5-8H2,1-4H3,(H,14,15). The molecule has 5 nitrogen and oxygen atoms in total. The summed E-state index contributed by atoms with van der Waals surface area (Å²) >= 11 is 0. The highest BCUT2D eigenvalue weighted by Crippen LogP contribution is 2.21.